The first-order valence-electron chi connectivity index (χ1n) is 11.9. The van der Waals surface area contributed by atoms with Gasteiger partial charge in [0.1, 0.15) is 11.5 Å². The molecule has 4 aromatic carbocycles. The first-order chi connectivity index (χ1) is 18.3. The fraction of sp³-hybridized carbons (Fsp3) is 0.172. The van der Waals surface area contributed by atoms with Crippen LogP contribution in [-0.2, 0) is 16.2 Å². The fourth-order valence-corrected chi connectivity index (χ4v) is 5.67. The van der Waals surface area contributed by atoms with E-state index in [0.29, 0.717) is 17.0 Å². The van der Waals surface area contributed by atoms with Gasteiger partial charge in [0, 0.05) is 26.4 Å². The molecule has 0 aliphatic heterocycles. The normalized spacial score (nSPS) is 11.9. The number of alkyl halides is 3. The van der Waals surface area contributed by atoms with Crippen molar-refractivity contribution in [2.75, 3.05) is 4.72 Å². The summed E-state index contributed by atoms with van der Waals surface area (Å²) in [5.74, 6) is -0.325. The molecule has 4 aromatic rings. The van der Waals surface area contributed by atoms with E-state index >= 15 is 0 Å². The van der Waals surface area contributed by atoms with Gasteiger partial charge in [-0.05, 0) is 55.3 Å². The van der Waals surface area contributed by atoms with Gasteiger partial charge in [-0.2, -0.15) is 13.2 Å². The average Bonchev–Trinajstić information content (AvgIpc) is 2.89. The minimum Gasteiger partial charge on any atom is -0.507 e. The number of aryl methyl sites for hydroxylation is 1. The van der Waals surface area contributed by atoms with E-state index in [1.807, 2.05) is 20.8 Å². The minimum atomic E-state index is -4.77. The van der Waals surface area contributed by atoms with Gasteiger partial charge in [0.15, 0.2) is 0 Å². The third-order valence-corrected chi connectivity index (χ3v) is 7.91. The number of allylic oxidation sites excluding steroid dienone is 1. The Balaban J connectivity index is 0.00000205. The summed E-state index contributed by atoms with van der Waals surface area (Å²) >= 11 is 2.82. The number of nitrogens with one attached hydrogen (secondary N) is 1. The molecule has 0 amide bonds. The molecule has 0 saturated carbocycles. The van der Waals surface area contributed by atoms with Crippen LogP contribution in [0.1, 0.15) is 37.5 Å². The number of sulfonamides is 1. The van der Waals surface area contributed by atoms with Crippen LogP contribution in [0.25, 0.3) is 28.0 Å². The van der Waals surface area contributed by atoms with Crippen LogP contribution < -0.4 is 4.72 Å². The number of phenolic OH excluding ortho intramolecular Hbond substituents is 2. The maximum absolute atomic E-state index is 13.4. The van der Waals surface area contributed by atoms with Gasteiger partial charge in [-0.1, -0.05) is 72.3 Å². The van der Waals surface area contributed by atoms with Gasteiger partial charge in [-0.15, -0.1) is 0 Å². The maximum Gasteiger partial charge on any atom is 0.417 e. The van der Waals surface area contributed by atoms with Crippen LogP contribution in [0.15, 0.2) is 76.1 Å². The molecule has 0 radical (unpaired) electrons. The second-order valence-electron chi connectivity index (χ2n) is 8.30. The summed E-state index contributed by atoms with van der Waals surface area (Å²) in [6.45, 7) is 7.62. The van der Waals surface area contributed by atoms with Crippen LogP contribution in [0, 0.1) is 6.92 Å². The Bertz CT molecular complexity index is 1670. The number of halogens is 4. The molecule has 0 fully saturated rings. The van der Waals surface area contributed by atoms with Gasteiger partial charge >= 0.3 is 6.18 Å². The van der Waals surface area contributed by atoms with E-state index in [4.69, 9.17) is 0 Å². The third-order valence-electron chi connectivity index (χ3n) is 5.86. The first-order valence-corrected chi connectivity index (χ1v) is 14.2. The van der Waals surface area contributed by atoms with Crippen molar-refractivity contribution in [2.24, 2.45) is 0 Å². The molecule has 0 aliphatic carbocycles. The predicted octanol–water partition coefficient (Wildman–Crippen LogP) is 8.87. The van der Waals surface area contributed by atoms with Crippen LogP contribution in [0.3, 0.4) is 0 Å². The van der Waals surface area contributed by atoms with Crippen LogP contribution in [-0.4, -0.2) is 18.6 Å². The van der Waals surface area contributed by atoms with Gasteiger partial charge < -0.3 is 10.2 Å². The van der Waals surface area contributed by atoms with Crippen LogP contribution >= 0.6 is 15.9 Å². The molecular weight excluding hydrogens is 595 g/mol. The highest BCUT2D eigenvalue weighted by Crippen LogP contribution is 2.46. The number of fused-ring (bicyclic) bond motifs is 1. The lowest BCUT2D eigenvalue weighted by Crippen LogP contribution is -2.15. The molecule has 39 heavy (non-hydrogen) atoms. The highest BCUT2D eigenvalue weighted by atomic mass is 79.9. The third kappa shape index (κ3) is 6.07. The lowest BCUT2D eigenvalue weighted by atomic mass is 9.91. The highest BCUT2D eigenvalue weighted by Gasteiger charge is 2.34. The van der Waals surface area contributed by atoms with Crippen molar-refractivity contribution in [3.63, 3.8) is 0 Å². The number of aromatic hydroxyl groups is 2. The van der Waals surface area contributed by atoms with Crippen molar-refractivity contribution in [1.82, 2.24) is 0 Å². The molecule has 0 unspecified atom stereocenters. The van der Waals surface area contributed by atoms with Crippen molar-refractivity contribution in [1.29, 1.82) is 0 Å². The molecule has 0 aromatic heterocycles. The molecule has 0 atom stereocenters. The standard InChI is InChI=1S/C27H21BrF3NO4S.C2H6/c1-3-6-17-15(2)9-12-24(33)25(17)20-14-23(18-7-4-5-8-19(18)26(20)34)32-37(35,36)16-10-11-22(28)21(13-16)27(29,30)31;1-2/h3-14,32-34H,1-2H3;1-2H3/b6-3-;. The number of rotatable bonds is 5. The Morgan fingerprint density at radius 3 is 2.21 bits per heavy atom. The number of hydrogen-bond donors (Lipinski definition) is 3. The predicted molar refractivity (Wildman–Crippen MR) is 153 cm³/mol. The summed E-state index contributed by atoms with van der Waals surface area (Å²) < 4.78 is 68.8. The molecular formula is C29H27BrF3NO4S. The molecule has 0 bridgehead atoms. The van der Waals surface area contributed by atoms with Crippen molar-refractivity contribution in [2.45, 2.75) is 38.8 Å². The number of hydrogen-bond acceptors (Lipinski definition) is 4. The number of anilines is 1. The Kier molecular flexibility index (Phi) is 9.02. The lowest BCUT2D eigenvalue weighted by molar-refractivity contribution is -0.138. The number of benzene rings is 4. The number of phenols is 2. The molecule has 0 spiro atoms. The Hall–Kier alpha value is -3.50. The fourth-order valence-electron chi connectivity index (χ4n) is 4.10. The van der Waals surface area contributed by atoms with Crippen molar-refractivity contribution < 1.29 is 31.8 Å². The zero-order chi connectivity index (χ0) is 29.1. The molecule has 4 rings (SSSR count). The summed E-state index contributed by atoms with van der Waals surface area (Å²) in [6, 6.07) is 13.6. The van der Waals surface area contributed by atoms with Crippen LogP contribution in [0.5, 0.6) is 11.5 Å². The van der Waals surface area contributed by atoms with E-state index < -0.39 is 26.7 Å². The molecule has 0 aliphatic rings. The summed E-state index contributed by atoms with van der Waals surface area (Å²) in [4.78, 5) is -0.588. The van der Waals surface area contributed by atoms with E-state index in [1.165, 1.54) is 12.1 Å². The smallest absolute Gasteiger partial charge is 0.417 e. The summed E-state index contributed by atoms with van der Waals surface area (Å²) in [5, 5.41) is 22.5. The summed E-state index contributed by atoms with van der Waals surface area (Å²) in [5.41, 5.74) is 0.738. The molecule has 10 heteroatoms. The molecule has 206 valence electrons. The highest BCUT2D eigenvalue weighted by molar-refractivity contribution is 9.10. The van der Waals surface area contributed by atoms with Gasteiger partial charge in [0.2, 0.25) is 0 Å². The maximum atomic E-state index is 13.4. The Morgan fingerprint density at radius 2 is 1.59 bits per heavy atom. The first kappa shape index (κ1) is 30.0. The quantitative estimate of drug-likeness (QED) is 0.194. The van der Waals surface area contributed by atoms with E-state index in [9.17, 15) is 31.8 Å². The molecule has 5 nitrogen and oxygen atoms in total. The van der Waals surface area contributed by atoms with E-state index in [0.717, 1.165) is 17.7 Å². The largest absolute Gasteiger partial charge is 0.507 e. The van der Waals surface area contributed by atoms with Crippen molar-refractivity contribution in [3.8, 4) is 22.6 Å². The van der Waals surface area contributed by atoms with E-state index in [2.05, 4.69) is 20.7 Å². The Morgan fingerprint density at radius 1 is 0.949 bits per heavy atom. The van der Waals surface area contributed by atoms with Crippen molar-refractivity contribution in [3.05, 3.63) is 87.9 Å². The lowest BCUT2D eigenvalue weighted by Gasteiger charge is -2.18. The van der Waals surface area contributed by atoms with Crippen LogP contribution in [0.2, 0.25) is 0 Å². The van der Waals surface area contributed by atoms with E-state index in [-0.39, 0.29) is 38.2 Å². The second-order valence-corrected chi connectivity index (χ2v) is 10.8. The van der Waals surface area contributed by atoms with Gasteiger partial charge in [0.25, 0.3) is 10.0 Å². The molecule has 0 heterocycles. The minimum absolute atomic E-state index is 0.0206. The zero-order valence-corrected chi connectivity index (χ0v) is 24.0. The zero-order valence-electron chi connectivity index (χ0n) is 21.6. The molecule has 0 saturated heterocycles. The van der Waals surface area contributed by atoms with Gasteiger partial charge in [-0.25, -0.2) is 8.42 Å². The Labute approximate surface area is 233 Å². The van der Waals surface area contributed by atoms with Gasteiger partial charge in [0.05, 0.1) is 16.1 Å². The topological polar surface area (TPSA) is 86.6 Å². The van der Waals surface area contributed by atoms with Gasteiger partial charge in [-0.3, -0.25) is 4.72 Å². The summed E-state index contributed by atoms with van der Waals surface area (Å²) in [6.07, 6.45) is -1.25. The molecule has 3 N–H and O–H groups in total. The van der Waals surface area contributed by atoms with E-state index in [1.54, 1.807) is 49.4 Å². The summed E-state index contributed by atoms with van der Waals surface area (Å²) in [7, 11) is -4.48. The monoisotopic (exact) mass is 621 g/mol. The van der Waals surface area contributed by atoms with Crippen LogP contribution in [0.4, 0.5) is 18.9 Å². The van der Waals surface area contributed by atoms with Crippen molar-refractivity contribution >= 4 is 48.5 Å². The SMILES string of the molecule is C/C=C\c1c(C)ccc(O)c1-c1cc(NS(=O)(=O)c2ccc(Br)c(C(F)(F)F)c2)c2ccccc2c1O.CC. The average molecular weight is 623 g/mol. The second kappa shape index (κ2) is 11.7.